The summed E-state index contributed by atoms with van der Waals surface area (Å²) in [6.07, 6.45) is 11.7. The van der Waals surface area contributed by atoms with Crippen molar-refractivity contribution in [3.8, 4) is 0 Å². The number of oxime groups is 1. The number of hydrogen-bond donors (Lipinski definition) is 1. The predicted octanol–water partition coefficient (Wildman–Crippen LogP) is 2.82. The third kappa shape index (κ3) is 3.84. The maximum Gasteiger partial charge on any atom is 0.273 e. The van der Waals surface area contributed by atoms with Crippen LogP contribution >= 0.6 is 0 Å². The van der Waals surface area contributed by atoms with Crippen LogP contribution < -0.4 is 5.32 Å². The smallest absolute Gasteiger partial charge is 0.273 e. The number of amides is 1. The number of anilines is 1. The van der Waals surface area contributed by atoms with Gasteiger partial charge < -0.3 is 10.2 Å². The third-order valence-corrected chi connectivity index (χ3v) is 5.66. The average molecular weight is 342 g/mol. The third-order valence-electron chi connectivity index (χ3n) is 5.66. The van der Waals surface area contributed by atoms with E-state index in [2.05, 4.69) is 20.4 Å². The quantitative estimate of drug-likeness (QED) is 0.914. The summed E-state index contributed by atoms with van der Waals surface area (Å²) < 4.78 is 0. The standard InChI is InChI=1S/C19H26N4O2/c24-18(21-16-7-4-9-20-12-16)17-11-19(25-22-17)8-10-23(14-19)13-15-5-2-1-3-6-15/h4,7,9,12,15H,1-3,5-6,8,10-11,13-14H2,(H,21,24)/t19-/m1/s1. The Labute approximate surface area is 148 Å². The van der Waals surface area contributed by atoms with Crippen molar-refractivity contribution >= 4 is 17.3 Å². The monoisotopic (exact) mass is 342 g/mol. The lowest BCUT2D eigenvalue weighted by Crippen LogP contribution is -2.37. The molecular formula is C19H26N4O2. The molecule has 1 N–H and O–H groups in total. The van der Waals surface area contributed by atoms with Crippen LogP contribution in [-0.4, -0.2) is 46.7 Å². The number of nitrogens with zero attached hydrogens (tertiary/aromatic N) is 3. The second-order valence-electron chi connectivity index (χ2n) is 7.67. The van der Waals surface area contributed by atoms with Gasteiger partial charge in [0.05, 0.1) is 11.9 Å². The number of carbonyl (C=O) groups excluding carboxylic acids is 1. The number of likely N-dealkylation sites (tertiary alicyclic amines) is 1. The Morgan fingerprint density at radius 3 is 3.04 bits per heavy atom. The van der Waals surface area contributed by atoms with E-state index in [1.54, 1.807) is 18.5 Å². The van der Waals surface area contributed by atoms with Crippen LogP contribution in [0.1, 0.15) is 44.9 Å². The van der Waals surface area contributed by atoms with E-state index >= 15 is 0 Å². The molecule has 25 heavy (non-hydrogen) atoms. The molecule has 3 heterocycles. The fourth-order valence-corrected chi connectivity index (χ4v) is 4.32. The van der Waals surface area contributed by atoms with Crippen molar-refractivity contribution in [1.29, 1.82) is 0 Å². The van der Waals surface area contributed by atoms with Crippen molar-refractivity contribution in [2.75, 3.05) is 25.0 Å². The van der Waals surface area contributed by atoms with Crippen LogP contribution in [-0.2, 0) is 9.63 Å². The molecule has 1 aromatic rings. The number of hydrogen-bond acceptors (Lipinski definition) is 5. The molecule has 0 unspecified atom stereocenters. The van der Waals surface area contributed by atoms with Gasteiger partial charge in [0.15, 0.2) is 5.60 Å². The lowest BCUT2D eigenvalue weighted by molar-refractivity contribution is -0.110. The van der Waals surface area contributed by atoms with E-state index in [-0.39, 0.29) is 11.5 Å². The largest absolute Gasteiger partial charge is 0.387 e. The number of aromatic nitrogens is 1. The van der Waals surface area contributed by atoms with Crippen LogP contribution in [0.4, 0.5) is 5.69 Å². The number of nitrogens with one attached hydrogen (secondary N) is 1. The minimum atomic E-state index is -0.295. The Balaban J connectivity index is 1.30. The van der Waals surface area contributed by atoms with Gasteiger partial charge in [-0.05, 0) is 30.9 Å². The zero-order valence-electron chi connectivity index (χ0n) is 14.6. The molecule has 4 rings (SSSR count). The summed E-state index contributed by atoms with van der Waals surface area (Å²) in [6, 6.07) is 3.61. The molecule has 2 aliphatic heterocycles. The maximum absolute atomic E-state index is 12.4. The summed E-state index contributed by atoms with van der Waals surface area (Å²) in [7, 11) is 0. The van der Waals surface area contributed by atoms with Gasteiger partial charge in [-0.1, -0.05) is 24.4 Å². The summed E-state index contributed by atoms with van der Waals surface area (Å²) in [6.45, 7) is 3.10. The van der Waals surface area contributed by atoms with Crippen molar-refractivity contribution in [3.05, 3.63) is 24.5 Å². The Bertz CT molecular complexity index is 642. The zero-order valence-corrected chi connectivity index (χ0v) is 14.6. The Morgan fingerprint density at radius 1 is 1.36 bits per heavy atom. The molecule has 0 bridgehead atoms. The topological polar surface area (TPSA) is 66.8 Å². The van der Waals surface area contributed by atoms with Gasteiger partial charge in [0, 0.05) is 38.7 Å². The fourth-order valence-electron chi connectivity index (χ4n) is 4.32. The maximum atomic E-state index is 12.4. The van der Waals surface area contributed by atoms with Gasteiger partial charge in [0.2, 0.25) is 0 Å². The number of carbonyl (C=O) groups is 1. The molecule has 0 radical (unpaired) electrons. The Morgan fingerprint density at radius 2 is 2.24 bits per heavy atom. The number of pyridine rings is 1. The minimum absolute atomic E-state index is 0.185. The van der Waals surface area contributed by atoms with Crippen LogP contribution in [0.5, 0.6) is 0 Å². The lowest BCUT2D eigenvalue weighted by Gasteiger charge is -2.27. The summed E-state index contributed by atoms with van der Waals surface area (Å²) in [4.78, 5) is 24.7. The second-order valence-corrected chi connectivity index (χ2v) is 7.67. The highest BCUT2D eigenvalue weighted by molar-refractivity contribution is 6.43. The molecule has 1 atom stereocenters. The van der Waals surface area contributed by atoms with E-state index in [0.29, 0.717) is 17.8 Å². The molecule has 1 aliphatic carbocycles. The number of rotatable bonds is 4. The van der Waals surface area contributed by atoms with Crippen LogP contribution in [0, 0.1) is 5.92 Å². The van der Waals surface area contributed by atoms with E-state index in [9.17, 15) is 4.79 Å². The van der Waals surface area contributed by atoms with E-state index in [4.69, 9.17) is 4.84 Å². The van der Waals surface area contributed by atoms with Gasteiger partial charge in [-0.25, -0.2) is 0 Å². The Kier molecular flexibility index (Phi) is 4.70. The molecule has 1 saturated carbocycles. The van der Waals surface area contributed by atoms with Crippen molar-refractivity contribution in [1.82, 2.24) is 9.88 Å². The van der Waals surface area contributed by atoms with Gasteiger partial charge >= 0.3 is 0 Å². The van der Waals surface area contributed by atoms with Crippen molar-refractivity contribution in [2.45, 2.75) is 50.5 Å². The fraction of sp³-hybridized carbons (Fsp3) is 0.632. The first-order valence-corrected chi connectivity index (χ1v) is 9.41. The zero-order chi connectivity index (χ0) is 17.1. The first kappa shape index (κ1) is 16.5. The van der Waals surface area contributed by atoms with Gasteiger partial charge in [0.25, 0.3) is 5.91 Å². The first-order chi connectivity index (χ1) is 12.2. The summed E-state index contributed by atoms with van der Waals surface area (Å²) in [5.41, 5.74) is 0.876. The molecule has 1 aromatic heterocycles. The SMILES string of the molecule is O=C(Nc1cccnc1)C1=NO[C@]2(CCN(CC3CCCCC3)C2)C1. The molecule has 1 amide bonds. The van der Waals surface area contributed by atoms with Gasteiger partial charge in [-0.2, -0.15) is 0 Å². The predicted molar refractivity (Wildman–Crippen MR) is 96.4 cm³/mol. The molecule has 0 aromatic carbocycles. The molecule has 3 aliphatic rings. The first-order valence-electron chi connectivity index (χ1n) is 9.41. The summed E-state index contributed by atoms with van der Waals surface area (Å²) in [5, 5.41) is 6.95. The molecule has 2 fully saturated rings. The normalized spacial score (nSPS) is 27.3. The van der Waals surface area contributed by atoms with Crippen molar-refractivity contribution in [2.24, 2.45) is 11.1 Å². The molecule has 6 nitrogen and oxygen atoms in total. The lowest BCUT2D eigenvalue weighted by atomic mass is 9.89. The highest BCUT2D eigenvalue weighted by atomic mass is 16.7. The molecule has 134 valence electrons. The van der Waals surface area contributed by atoms with Crippen molar-refractivity contribution < 1.29 is 9.63 Å². The highest BCUT2D eigenvalue weighted by Gasteiger charge is 2.46. The van der Waals surface area contributed by atoms with Crippen LogP contribution in [0.2, 0.25) is 0 Å². The average Bonchev–Trinajstić information content (AvgIpc) is 3.24. The minimum Gasteiger partial charge on any atom is -0.387 e. The molecule has 1 saturated heterocycles. The van der Waals surface area contributed by atoms with Crippen LogP contribution in [0.25, 0.3) is 0 Å². The molecular weight excluding hydrogens is 316 g/mol. The van der Waals surface area contributed by atoms with E-state index in [0.717, 1.165) is 25.4 Å². The second kappa shape index (κ2) is 7.12. The van der Waals surface area contributed by atoms with Crippen LogP contribution in [0.3, 0.4) is 0 Å². The van der Waals surface area contributed by atoms with Gasteiger partial charge in [-0.15, -0.1) is 0 Å². The van der Waals surface area contributed by atoms with Gasteiger partial charge in [-0.3, -0.25) is 14.7 Å². The highest BCUT2D eigenvalue weighted by Crippen LogP contribution is 2.35. The summed E-state index contributed by atoms with van der Waals surface area (Å²) in [5.74, 6) is 0.648. The molecule has 1 spiro atoms. The van der Waals surface area contributed by atoms with E-state index < -0.39 is 0 Å². The van der Waals surface area contributed by atoms with Crippen molar-refractivity contribution in [3.63, 3.8) is 0 Å². The van der Waals surface area contributed by atoms with E-state index in [1.165, 1.54) is 38.6 Å². The van der Waals surface area contributed by atoms with Crippen LogP contribution in [0.15, 0.2) is 29.7 Å². The van der Waals surface area contributed by atoms with E-state index in [1.807, 2.05) is 6.07 Å². The Hall–Kier alpha value is -1.95. The van der Waals surface area contributed by atoms with Gasteiger partial charge in [0.1, 0.15) is 5.71 Å². The molecule has 6 heteroatoms. The summed E-state index contributed by atoms with van der Waals surface area (Å²) >= 11 is 0.